The number of thioether (sulfide) groups is 1. The molecule has 0 N–H and O–H groups in total. The van der Waals surface area contributed by atoms with Crippen molar-refractivity contribution in [2.45, 2.75) is 51.0 Å². The van der Waals surface area contributed by atoms with Crippen LogP contribution in [0.1, 0.15) is 51.9 Å². The van der Waals surface area contributed by atoms with Crippen molar-refractivity contribution >= 4 is 30.2 Å². The molecule has 0 radical (unpaired) electrons. The maximum Gasteiger partial charge on any atom is 0.172 e. The highest BCUT2D eigenvalue weighted by atomic mass is 32.2. The van der Waals surface area contributed by atoms with Gasteiger partial charge in [-0.2, -0.15) is 12.6 Å². The van der Waals surface area contributed by atoms with Crippen LogP contribution < -0.4 is 0 Å². The minimum absolute atomic E-state index is 0.0509. The fourth-order valence-electron chi connectivity index (χ4n) is 1.00. The second-order valence-corrected chi connectivity index (χ2v) is 9.65. The molecular formula is C16H25FOS2. The maximum atomic E-state index is 12.6. The summed E-state index contributed by atoms with van der Waals surface area (Å²) in [5, 5.41) is 0. The van der Waals surface area contributed by atoms with Gasteiger partial charge in [0.1, 0.15) is 5.82 Å². The van der Waals surface area contributed by atoms with Gasteiger partial charge in [0.05, 0.1) is 5.75 Å². The second kappa shape index (κ2) is 8.08. The highest BCUT2D eigenvalue weighted by Gasteiger charge is 2.14. The average molecular weight is 317 g/mol. The molecule has 0 aliphatic heterocycles. The number of halogens is 1. The van der Waals surface area contributed by atoms with Crippen molar-refractivity contribution in [3.63, 3.8) is 0 Å². The summed E-state index contributed by atoms with van der Waals surface area (Å²) in [6.07, 6.45) is 0. The van der Waals surface area contributed by atoms with Crippen LogP contribution in [0.15, 0.2) is 24.3 Å². The van der Waals surface area contributed by atoms with E-state index in [2.05, 4.69) is 54.2 Å². The summed E-state index contributed by atoms with van der Waals surface area (Å²) in [7, 11) is 0. The molecule has 4 heteroatoms. The van der Waals surface area contributed by atoms with Crippen LogP contribution in [0.3, 0.4) is 0 Å². The molecule has 0 saturated carbocycles. The molecule has 1 aromatic rings. The lowest BCUT2D eigenvalue weighted by Gasteiger charge is -2.16. The van der Waals surface area contributed by atoms with Gasteiger partial charge in [-0.3, -0.25) is 4.79 Å². The van der Waals surface area contributed by atoms with Crippen LogP contribution in [0.2, 0.25) is 0 Å². The minimum atomic E-state index is -0.310. The lowest BCUT2D eigenvalue weighted by molar-refractivity contribution is 0.102. The zero-order chi connectivity index (χ0) is 16.0. The third-order valence-electron chi connectivity index (χ3n) is 1.80. The number of hydrogen-bond acceptors (Lipinski definition) is 3. The fourth-order valence-corrected chi connectivity index (χ4v) is 1.73. The molecule has 0 aromatic heterocycles. The summed E-state index contributed by atoms with van der Waals surface area (Å²) >= 11 is 5.72. The van der Waals surface area contributed by atoms with Crippen molar-refractivity contribution in [2.75, 3.05) is 5.75 Å². The molecule has 0 aliphatic rings. The Morgan fingerprint density at radius 2 is 1.50 bits per heavy atom. The van der Waals surface area contributed by atoms with E-state index < -0.39 is 0 Å². The predicted molar refractivity (Wildman–Crippen MR) is 91.7 cm³/mol. The average Bonchev–Trinajstić information content (AvgIpc) is 2.23. The van der Waals surface area contributed by atoms with Crippen molar-refractivity contribution in [1.82, 2.24) is 0 Å². The molecule has 0 unspecified atom stereocenters. The molecule has 0 heterocycles. The van der Waals surface area contributed by atoms with E-state index in [-0.39, 0.29) is 21.1 Å². The summed E-state index contributed by atoms with van der Waals surface area (Å²) in [6.45, 7) is 12.4. The first kappa shape index (κ1) is 19.5. The SMILES string of the molecule is CC(C)(C)S.CC(C)(C)SCC(=O)c1ccc(F)cc1. The van der Waals surface area contributed by atoms with Gasteiger partial charge < -0.3 is 0 Å². The highest BCUT2D eigenvalue weighted by molar-refractivity contribution is 8.01. The van der Waals surface area contributed by atoms with Gasteiger partial charge in [-0.05, 0) is 24.3 Å². The number of carbonyl (C=O) groups excluding carboxylic acids is 1. The first-order valence-corrected chi connectivity index (χ1v) is 7.97. The van der Waals surface area contributed by atoms with E-state index in [0.717, 1.165) is 0 Å². The topological polar surface area (TPSA) is 17.1 Å². The van der Waals surface area contributed by atoms with E-state index in [9.17, 15) is 9.18 Å². The molecule has 20 heavy (non-hydrogen) atoms. The van der Waals surface area contributed by atoms with Crippen molar-refractivity contribution in [1.29, 1.82) is 0 Å². The van der Waals surface area contributed by atoms with Gasteiger partial charge in [0.25, 0.3) is 0 Å². The van der Waals surface area contributed by atoms with Crippen LogP contribution in [0.25, 0.3) is 0 Å². The summed E-state index contributed by atoms with van der Waals surface area (Å²) in [5.41, 5.74) is 0.577. The number of ketones is 1. The molecule has 1 nitrogen and oxygen atoms in total. The van der Waals surface area contributed by atoms with E-state index in [4.69, 9.17) is 0 Å². The number of hydrogen-bond donors (Lipinski definition) is 1. The molecule has 114 valence electrons. The molecule has 0 saturated heterocycles. The molecular weight excluding hydrogens is 291 g/mol. The predicted octanol–water partition coefficient (Wildman–Crippen LogP) is 5.25. The number of rotatable bonds is 3. The summed E-state index contributed by atoms with van der Waals surface area (Å²) in [4.78, 5) is 11.7. The molecule has 0 aliphatic carbocycles. The zero-order valence-electron chi connectivity index (χ0n) is 13.2. The van der Waals surface area contributed by atoms with Gasteiger partial charge in [-0.1, -0.05) is 41.5 Å². The minimum Gasteiger partial charge on any atom is -0.293 e. The first-order valence-electron chi connectivity index (χ1n) is 6.53. The molecule has 1 aromatic carbocycles. The summed E-state index contributed by atoms with van der Waals surface area (Å²) < 4.78 is 12.9. The Labute approximate surface area is 132 Å². The van der Waals surface area contributed by atoms with Gasteiger partial charge in [-0.15, -0.1) is 11.8 Å². The third kappa shape index (κ3) is 12.5. The summed E-state index contributed by atoms with van der Waals surface area (Å²) in [6, 6.07) is 5.69. The van der Waals surface area contributed by atoms with E-state index in [1.807, 2.05) is 0 Å². The standard InChI is InChI=1S/C12H15FOS.C4H10S/c1-12(2,3)15-8-11(14)9-4-6-10(13)7-5-9;1-4(2,3)5/h4-7H,8H2,1-3H3;5H,1-3H3. The van der Waals surface area contributed by atoms with Gasteiger partial charge in [0, 0.05) is 15.1 Å². The van der Waals surface area contributed by atoms with Gasteiger partial charge >= 0.3 is 0 Å². The van der Waals surface area contributed by atoms with Crippen LogP contribution in [0.4, 0.5) is 4.39 Å². The Kier molecular flexibility index (Phi) is 7.89. The van der Waals surface area contributed by atoms with E-state index in [0.29, 0.717) is 11.3 Å². The summed E-state index contributed by atoms with van der Waals surface area (Å²) in [5.74, 6) is 0.180. The molecule has 0 bridgehead atoms. The normalized spacial score (nSPS) is 11.6. The number of Topliss-reactive ketones (excluding diaryl/α,β-unsaturated/α-hetero) is 1. The molecule has 0 spiro atoms. The van der Waals surface area contributed by atoms with Crippen LogP contribution in [-0.2, 0) is 0 Å². The zero-order valence-corrected chi connectivity index (χ0v) is 14.9. The van der Waals surface area contributed by atoms with Crippen molar-refractivity contribution in [2.24, 2.45) is 0 Å². The monoisotopic (exact) mass is 316 g/mol. The fraction of sp³-hybridized carbons (Fsp3) is 0.562. The Bertz CT molecular complexity index is 408. The van der Waals surface area contributed by atoms with Crippen LogP contribution >= 0.6 is 24.4 Å². The largest absolute Gasteiger partial charge is 0.293 e. The number of benzene rings is 1. The Morgan fingerprint density at radius 1 is 1.10 bits per heavy atom. The Hall–Kier alpha value is -0.480. The van der Waals surface area contributed by atoms with Gasteiger partial charge in [0.2, 0.25) is 0 Å². The Morgan fingerprint density at radius 3 is 1.85 bits per heavy atom. The quantitative estimate of drug-likeness (QED) is 0.605. The number of carbonyl (C=O) groups is 1. The lowest BCUT2D eigenvalue weighted by atomic mass is 10.1. The smallest absolute Gasteiger partial charge is 0.172 e. The van der Waals surface area contributed by atoms with Crippen LogP contribution in [-0.4, -0.2) is 21.0 Å². The maximum absolute atomic E-state index is 12.6. The molecule has 0 amide bonds. The van der Waals surface area contributed by atoms with Gasteiger partial charge in [0.15, 0.2) is 5.78 Å². The first-order chi connectivity index (χ1) is 8.88. The van der Waals surface area contributed by atoms with Crippen LogP contribution in [0, 0.1) is 5.82 Å². The van der Waals surface area contributed by atoms with Crippen LogP contribution in [0.5, 0.6) is 0 Å². The van der Waals surface area contributed by atoms with E-state index >= 15 is 0 Å². The van der Waals surface area contributed by atoms with Crippen molar-refractivity contribution in [3.8, 4) is 0 Å². The molecule has 0 atom stereocenters. The number of thiol groups is 1. The van der Waals surface area contributed by atoms with Crippen molar-refractivity contribution in [3.05, 3.63) is 35.6 Å². The lowest BCUT2D eigenvalue weighted by Crippen LogP contribution is -2.13. The second-order valence-electron chi connectivity index (χ2n) is 6.50. The third-order valence-corrected chi connectivity index (χ3v) is 3.08. The highest BCUT2D eigenvalue weighted by Crippen LogP contribution is 2.23. The molecule has 1 rings (SSSR count). The molecule has 0 fully saturated rings. The Balaban J connectivity index is 0.000000621. The van der Waals surface area contributed by atoms with E-state index in [1.165, 1.54) is 24.3 Å². The van der Waals surface area contributed by atoms with E-state index in [1.54, 1.807) is 11.8 Å². The van der Waals surface area contributed by atoms with Gasteiger partial charge in [-0.25, -0.2) is 4.39 Å². The van der Waals surface area contributed by atoms with Crippen molar-refractivity contribution < 1.29 is 9.18 Å².